The van der Waals surface area contributed by atoms with E-state index in [1.807, 2.05) is 6.07 Å². The van der Waals surface area contributed by atoms with Gasteiger partial charge in [-0.05, 0) is 24.3 Å². The maximum absolute atomic E-state index is 12.1. The number of carbonyl (C=O) groups is 1. The van der Waals surface area contributed by atoms with Crippen LogP contribution < -0.4 is 0 Å². The topological polar surface area (TPSA) is 81.3 Å². The van der Waals surface area contributed by atoms with Gasteiger partial charge in [0.1, 0.15) is 17.1 Å². The van der Waals surface area contributed by atoms with E-state index in [2.05, 4.69) is 0 Å². The lowest BCUT2D eigenvalue weighted by Gasteiger charge is -2.06. The standard InChI is InChI=1S/C14H9NO3/c15-8-9-3-1-4-10(7-9)14(18)13-11(16)5-2-6-12(13)17/h1-7,16-17H. The van der Waals surface area contributed by atoms with Gasteiger partial charge in [-0.1, -0.05) is 18.2 Å². The van der Waals surface area contributed by atoms with E-state index in [1.165, 1.54) is 30.3 Å². The molecule has 0 atom stereocenters. The molecule has 2 aromatic rings. The number of aromatic hydroxyl groups is 2. The summed E-state index contributed by atoms with van der Waals surface area (Å²) in [6, 6.07) is 12.1. The van der Waals surface area contributed by atoms with Crippen molar-refractivity contribution in [2.45, 2.75) is 0 Å². The highest BCUT2D eigenvalue weighted by Gasteiger charge is 2.17. The van der Waals surface area contributed by atoms with Crippen LogP contribution in [0, 0.1) is 11.3 Å². The first kappa shape index (κ1) is 11.7. The summed E-state index contributed by atoms with van der Waals surface area (Å²) in [6.07, 6.45) is 0. The molecule has 0 aliphatic rings. The Labute approximate surface area is 103 Å². The number of rotatable bonds is 2. The fraction of sp³-hybridized carbons (Fsp3) is 0. The summed E-state index contributed by atoms with van der Waals surface area (Å²) in [6.45, 7) is 0. The fourth-order valence-corrected chi connectivity index (χ4v) is 1.64. The Morgan fingerprint density at radius 1 is 1.06 bits per heavy atom. The van der Waals surface area contributed by atoms with E-state index >= 15 is 0 Å². The Bertz CT molecular complexity index is 636. The van der Waals surface area contributed by atoms with Crippen molar-refractivity contribution in [2.24, 2.45) is 0 Å². The van der Waals surface area contributed by atoms with E-state index in [9.17, 15) is 15.0 Å². The molecule has 0 fully saturated rings. The maximum atomic E-state index is 12.1. The molecule has 18 heavy (non-hydrogen) atoms. The van der Waals surface area contributed by atoms with Gasteiger partial charge in [0.05, 0.1) is 11.6 Å². The van der Waals surface area contributed by atoms with Crippen molar-refractivity contribution in [2.75, 3.05) is 0 Å². The maximum Gasteiger partial charge on any atom is 0.200 e. The summed E-state index contributed by atoms with van der Waals surface area (Å²) in [5.74, 6) is -1.10. The van der Waals surface area contributed by atoms with Crippen LogP contribution >= 0.6 is 0 Å². The summed E-state index contributed by atoms with van der Waals surface area (Å²) in [5, 5.41) is 28.0. The number of hydrogen-bond donors (Lipinski definition) is 2. The molecule has 0 spiro atoms. The van der Waals surface area contributed by atoms with Crippen molar-refractivity contribution >= 4 is 5.78 Å². The van der Waals surface area contributed by atoms with Crippen molar-refractivity contribution in [1.29, 1.82) is 5.26 Å². The third-order valence-corrected chi connectivity index (χ3v) is 2.50. The third kappa shape index (κ3) is 2.02. The Balaban J connectivity index is 2.52. The van der Waals surface area contributed by atoms with Crippen molar-refractivity contribution in [1.82, 2.24) is 0 Å². The van der Waals surface area contributed by atoms with E-state index in [1.54, 1.807) is 12.1 Å². The normalized spacial score (nSPS) is 9.72. The first-order valence-corrected chi connectivity index (χ1v) is 5.19. The zero-order valence-electron chi connectivity index (χ0n) is 9.29. The highest BCUT2D eigenvalue weighted by Crippen LogP contribution is 2.28. The molecule has 88 valence electrons. The van der Waals surface area contributed by atoms with E-state index < -0.39 is 5.78 Å². The molecule has 2 aromatic carbocycles. The van der Waals surface area contributed by atoms with E-state index in [0.29, 0.717) is 5.56 Å². The molecule has 0 saturated heterocycles. The Morgan fingerprint density at radius 3 is 2.28 bits per heavy atom. The summed E-state index contributed by atoms with van der Waals surface area (Å²) in [4.78, 5) is 12.1. The van der Waals surface area contributed by atoms with Crippen molar-refractivity contribution in [3.8, 4) is 17.6 Å². The monoisotopic (exact) mass is 239 g/mol. The van der Waals surface area contributed by atoms with Crippen LogP contribution in [0.2, 0.25) is 0 Å². The van der Waals surface area contributed by atoms with Gasteiger partial charge in [0.15, 0.2) is 0 Å². The van der Waals surface area contributed by atoms with Crippen LogP contribution in [0.5, 0.6) is 11.5 Å². The lowest BCUT2D eigenvalue weighted by molar-refractivity contribution is 0.103. The molecule has 2 N–H and O–H groups in total. The Hall–Kier alpha value is -2.80. The molecular formula is C14H9NO3. The number of phenols is 2. The number of hydrogen-bond acceptors (Lipinski definition) is 4. The minimum Gasteiger partial charge on any atom is -0.507 e. The lowest BCUT2D eigenvalue weighted by Crippen LogP contribution is -2.02. The van der Waals surface area contributed by atoms with Gasteiger partial charge in [0, 0.05) is 5.56 Å². The van der Waals surface area contributed by atoms with Crippen LogP contribution in [0.4, 0.5) is 0 Å². The van der Waals surface area contributed by atoms with Crippen LogP contribution in [0.25, 0.3) is 0 Å². The Kier molecular flexibility index (Phi) is 2.98. The second kappa shape index (κ2) is 4.60. The molecule has 0 heterocycles. The average Bonchev–Trinajstić information content (AvgIpc) is 2.38. The Morgan fingerprint density at radius 2 is 1.67 bits per heavy atom. The molecule has 4 heteroatoms. The predicted molar refractivity (Wildman–Crippen MR) is 64.4 cm³/mol. The van der Waals surface area contributed by atoms with Crippen LogP contribution in [-0.2, 0) is 0 Å². The van der Waals surface area contributed by atoms with Crippen LogP contribution in [-0.4, -0.2) is 16.0 Å². The highest BCUT2D eigenvalue weighted by atomic mass is 16.3. The molecule has 0 aliphatic carbocycles. The van der Waals surface area contributed by atoms with Gasteiger partial charge in [0.2, 0.25) is 5.78 Å². The molecule has 4 nitrogen and oxygen atoms in total. The van der Waals surface area contributed by atoms with Gasteiger partial charge in [-0.3, -0.25) is 4.79 Å². The van der Waals surface area contributed by atoms with Gasteiger partial charge in [-0.2, -0.15) is 5.26 Å². The summed E-state index contributed by atoms with van der Waals surface area (Å²) in [7, 11) is 0. The van der Waals surface area contributed by atoms with E-state index in [4.69, 9.17) is 5.26 Å². The molecule has 0 amide bonds. The second-order valence-corrected chi connectivity index (χ2v) is 3.69. The van der Waals surface area contributed by atoms with Crippen molar-refractivity contribution in [3.63, 3.8) is 0 Å². The SMILES string of the molecule is N#Cc1cccc(C(=O)c2c(O)cccc2O)c1. The zero-order chi connectivity index (χ0) is 13.1. The van der Waals surface area contributed by atoms with Crippen molar-refractivity contribution in [3.05, 3.63) is 59.2 Å². The van der Waals surface area contributed by atoms with E-state index in [0.717, 1.165) is 0 Å². The first-order chi connectivity index (χ1) is 8.63. The number of nitriles is 1. The molecule has 2 rings (SSSR count). The van der Waals surface area contributed by atoms with Gasteiger partial charge in [0.25, 0.3) is 0 Å². The predicted octanol–water partition coefficient (Wildman–Crippen LogP) is 2.20. The molecule has 0 saturated carbocycles. The highest BCUT2D eigenvalue weighted by molar-refractivity contribution is 6.12. The largest absolute Gasteiger partial charge is 0.507 e. The molecule has 0 aromatic heterocycles. The van der Waals surface area contributed by atoms with Gasteiger partial charge in [-0.15, -0.1) is 0 Å². The summed E-state index contributed by atoms with van der Waals surface area (Å²) in [5.41, 5.74) is 0.425. The summed E-state index contributed by atoms with van der Waals surface area (Å²) >= 11 is 0. The number of nitrogens with zero attached hydrogens (tertiary/aromatic N) is 1. The second-order valence-electron chi connectivity index (χ2n) is 3.69. The van der Waals surface area contributed by atoms with Gasteiger partial charge in [-0.25, -0.2) is 0 Å². The minimum absolute atomic E-state index is 0.160. The molecule has 0 unspecified atom stereocenters. The quantitative estimate of drug-likeness (QED) is 0.787. The third-order valence-electron chi connectivity index (χ3n) is 2.50. The lowest BCUT2D eigenvalue weighted by atomic mass is 10.00. The fourth-order valence-electron chi connectivity index (χ4n) is 1.64. The zero-order valence-corrected chi connectivity index (χ0v) is 9.29. The van der Waals surface area contributed by atoms with Crippen LogP contribution in [0.1, 0.15) is 21.5 Å². The molecule has 0 radical (unpaired) electrons. The number of carbonyl (C=O) groups excluding carboxylic acids is 1. The van der Waals surface area contributed by atoms with Gasteiger partial charge >= 0.3 is 0 Å². The van der Waals surface area contributed by atoms with Crippen molar-refractivity contribution < 1.29 is 15.0 Å². The number of phenolic OH excluding ortho intramolecular Hbond substituents is 2. The summed E-state index contributed by atoms with van der Waals surface area (Å²) < 4.78 is 0. The smallest absolute Gasteiger partial charge is 0.200 e. The molecule has 0 aliphatic heterocycles. The minimum atomic E-state index is -0.525. The average molecular weight is 239 g/mol. The number of benzene rings is 2. The molecule has 0 bridgehead atoms. The first-order valence-electron chi connectivity index (χ1n) is 5.19. The van der Waals surface area contributed by atoms with Gasteiger partial charge < -0.3 is 10.2 Å². The van der Waals surface area contributed by atoms with Crippen LogP contribution in [0.15, 0.2) is 42.5 Å². The molecular weight excluding hydrogens is 230 g/mol. The number of ketones is 1. The van der Waals surface area contributed by atoms with Crippen LogP contribution in [0.3, 0.4) is 0 Å². The van der Waals surface area contributed by atoms with E-state index in [-0.39, 0.29) is 22.6 Å².